The van der Waals surface area contributed by atoms with Gasteiger partial charge in [-0.2, -0.15) is 0 Å². The molecule has 1 heterocycles. The number of nitro benzene ring substituents is 1. The Morgan fingerprint density at radius 2 is 2.12 bits per heavy atom. The van der Waals surface area contributed by atoms with Crippen LogP contribution < -0.4 is 0 Å². The summed E-state index contributed by atoms with van der Waals surface area (Å²) in [6, 6.07) is 2.63. The Morgan fingerprint density at radius 1 is 1.44 bits per heavy atom. The van der Waals surface area contributed by atoms with E-state index in [-0.39, 0.29) is 11.1 Å². The number of aryl methyl sites for hydroxylation is 2. The zero-order valence-electron chi connectivity index (χ0n) is 8.82. The second kappa shape index (κ2) is 3.52. The molecule has 0 spiro atoms. The minimum Gasteiger partial charge on any atom is -0.258 e. The first-order valence-corrected chi connectivity index (χ1v) is 4.71. The summed E-state index contributed by atoms with van der Waals surface area (Å²) in [6.45, 7) is 3.21. The number of aromatic nitrogens is 1. The van der Waals surface area contributed by atoms with Crippen molar-refractivity contribution >= 4 is 16.6 Å². The van der Waals surface area contributed by atoms with E-state index >= 15 is 0 Å². The van der Waals surface area contributed by atoms with Gasteiger partial charge in [-0.1, -0.05) is 0 Å². The van der Waals surface area contributed by atoms with Crippen LogP contribution in [0.2, 0.25) is 0 Å². The summed E-state index contributed by atoms with van der Waals surface area (Å²) >= 11 is 0. The third kappa shape index (κ3) is 1.41. The minimum absolute atomic E-state index is 0.0723. The molecule has 0 aliphatic rings. The molecule has 2 rings (SSSR count). The molecular weight excluding hydrogens is 211 g/mol. The van der Waals surface area contributed by atoms with Crippen LogP contribution in [-0.4, -0.2) is 9.91 Å². The fourth-order valence-electron chi connectivity index (χ4n) is 1.79. The summed E-state index contributed by atoms with van der Waals surface area (Å²) in [7, 11) is 0. The van der Waals surface area contributed by atoms with E-state index in [1.54, 1.807) is 6.92 Å². The van der Waals surface area contributed by atoms with Gasteiger partial charge < -0.3 is 0 Å². The lowest BCUT2D eigenvalue weighted by Gasteiger charge is -2.06. The van der Waals surface area contributed by atoms with Crippen LogP contribution in [0.3, 0.4) is 0 Å². The third-order valence-corrected chi connectivity index (χ3v) is 2.58. The van der Waals surface area contributed by atoms with Crippen molar-refractivity contribution in [2.24, 2.45) is 0 Å². The van der Waals surface area contributed by atoms with Crippen molar-refractivity contribution in [3.8, 4) is 0 Å². The summed E-state index contributed by atoms with van der Waals surface area (Å²) in [5, 5.41) is 11.0. The quantitative estimate of drug-likeness (QED) is 0.548. The first-order chi connectivity index (χ1) is 7.52. The Balaban J connectivity index is 2.98. The summed E-state index contributed by atoms with van der Waals surface area (Å²) in [5.74, 6) is -0.478. The van der Waals surface area contributed by atoms with Crippen molar-refractivity contribution in [3.05, 3.63) is 45.4 Å². The number of hydrogen-bond acceptors (Lipinski definition) is 3. The van der Waals surface area contributed by atoms with E-state index in [4.69, 9.17) is 0 Å². The summed E-state index contributed by atoms with van der Waals surface area (Å²) in [4.78, 5) is 14.3. The van der Waals surface area contributed by atoms with Crippen molar-refractivity contribution in [1.29, 1.82) is 0 Å². The predicted molar refractivity (Wildman–Crippen MR) is 57.8 cm³/mol. The van der Waals surface area contributed by atoms with Crippen molar-refractivity contribution in [2.45, 2.75) is 13.8 Å². The van der Waals surface area contributed by atoms with Crippen molar-refractivity contribution in [1.82, 2.24) is 4.98 Å². The molecule has 0 saturated carbocycles. The van der Waals surface area contributed by atoms with Gasteiger partial charge in [-0.15, -0.1) is 0 Å². The summed E-state index contributed by atoms with van der Waals surface area (Å²) < 4.78 is 13.6. The van der Waals surface area contributed by atoms with Crippen LogP contribution in [0.4, 0.5) is 10.1 Å². The minimum atomic E-state index is -0.506. The summed E-state index contributed by atoms with van der Waals surface area (Å²) in [6.07, 6.45) is 1.36. The van der Waals surface area contributed by atoms with Gasteiger partial charge in [-0.3, -0.25) is 15.1 Å². The molecule has 0 aliphatic heterocycles. The maximum atomic E-state index is 13.6. The maximum Gasteiger partial charge on any atom is 0.273 e. The third-order valence-electron chi connectivity index (χ3n) is 2.58. The molecule has 4 nitrogen and oxygen atoms in total. The lowest BCUT2D eigenvalue weighted by Crippen LogP contribution is -1.97. The second-order valence-corrected chi connectivity index (χ2v) is 3.61. The first-order valence-electron chi connectivity index (χ1n) is 4.71. The Kier molecular flexibility index (Phi) is 2.30. The molecule has 82 valence electrons. The molecule has 0 saturated heterocycles. The normalized spacial score (nSPS) is 10.7. The van der Waals surface area contributed by atoms with Crippen LogP contribution in [0.1, 0.15) is 11.1 Å². The van der Waals surface area contributed by atoms with Crippen LogP contribution in [-0.2, 0) is 0 Å². The molecule has 2 aromatic rings. The van der Waals surface area contributed by atoms with E-state index in [9.17, 15) is 14.5 Å². The van der Waals surface area contributed by atoms with Gasteiger partial charge in [-0.25, -0.2) is 4.39 Å². The van der Waals surface area contributed by atoms with Crippen LogP contribution in [0.15, 0.2) is 18.3 Å². The molecule has 0 unspecified atom stereocenters. The van der Waals surface area contributed by atoms with Gasteiger partial charge >= 0.3 is 0 Å². The molecule has 1 aromatic carbocycles. The number of benzene rings is 1. The standard InChI is InChI=1S/C11H9FN2O2/c1-6-5-9(14(15)16)7(2)10-8(12)3-4-13-11(6)10/h3-5H,1-2H3. The van der Waals surface area contributed by atoms with Crippen LogP contribution in [0, 0.1) is 29.8 Å². The number of fused-ring (bicyclic) bond motifs is 1. The van der Waals surface area contributed by atoms with E-state index < -0.39 is 10.7 Å². The fraction of sp³-hybridized carbons (Fsp3) is 0.182. The highest BCUT2D eigenvalue weighted by Gasteiger charge is 2.18. The lowest BCUT2D eigenvalue weighted by molar-refractivity contribution is -0.385. The zero-order chi connectivity index (χ0) is 11.9. The topological polar surface area (TPSA) is 56.0 Å². The molecule has 5 heteroatoms. The number of halogens is 1. The largest absolute Gasteiger partial charge is 0.273 e. The number of hydrogen-bond donors (Lipinski definition) is 0. The molecular formula is C11H9FN2O2. The molecule has 0 aliphatic carbocycles. The molecule has 0 bridgehead atoms. The van der Waals surface area contributed by atoms with Crippen LogP contribution >= 0.6 is 0 Å². The summed E-state index contributed by atoms with van der Waals surface area (Å²) in [5.41, 5.74) is 1.32. The van der Waals surface area contributed by atoms with Gasteiger partial charge in [0, 0.05) is 23.2 Å². The van der Waals surface area contributed by atoms with Gasteiger partial charge in [0.2, 0.25) is 0 Å². The SMILES string of the molecule is Cc1cc([N+](=O)[O-])c(C)c2c(F)ccnc12. The zero-order valence-corrected chi connectivity index (χ0v) is 8.82. The van der Waals surface area contributed by atoms with Crippen molar-refractivity contribution < 1.29 is 9.31 Å². The number of nitro groups is 1. The first kappa shape index (κ1) is 10.5. The highest BCUT2D eigenvalue weighted by Crippen LogP contribution is 2.30. The number of rotatable bonds is 1. The smallest absolute Gasteiger partial charge is 0.258 e. The van der Waals surface area contributed by atoms with E-state index in [1.165, 1.54) is 25.3 Å². The van der Waals surface area contributed by atoms with E-state index in [0.717, 1.165) is 0 Å². The predicted octanol–water partition coefficient (Wildman–Crippen LogP) is 2.90. The molecule has 0 fully saturated rings. The maximum absolute atomic E-state index is 13.6. The molecule has 0 radical (unpaired) electrons. The number of pyridine rings is 1. The van der Waals surface area contributed by atoms with E-state index in [2.05, 4.69) is 4.98 Å². The molecule has 0 N–H and O–H groups in total. The fourth-order valence-corrected chi connectivity index (χ4v) is 1.79. The van der Waals surface area contributed by atoms with E-state index in [0.29, 0.717) is 16.6 Å². The van der Waals surface area contributed by atoms with Gasteiger partial charge in [0.15, 0.2) is 0 Å². The Bertz CT molecular complexity index is 596. The van der Waals surface area contributed by atoms with Crippen LogP contribution in [0.5, 0.6) is 0 Å². The average Bonchev–Trinajstić information content (AvgIpc) is 2.22. The monoisotopic (exact) mass is 220 g/mol. The lowest BCUT2D eigenvalue weighted by atomic mass is 10.0. The van der Waals surface area contributed by atoms with E-state index in [1.807, 2.05) is 0 Å². The Labute approximate surface area is 90.9 Å². The van der Waals surface area contributed by atoms with Gasteiger partial charge in [0.25, 0.3) is 5.69 Å². The van der Waals surface area contributed by atoms with Gasteiger partial charge in [0.05, 0.1) is 10.4 Å². The number of nitrogens with zero attached hydrogens (tertiary/aromatic N) is 2. The molecule has 1 aromatic heterocycles. The second-order valence-electron chi connectivity index (χ2n) is 3.61. The van der Waals surface area contributed by atoms with Gasteiger partial charge in [0.1, 0.15) is 5.82 Å². The van der Waals surface area contributed by atoms with Crippen molar-refractivity contribution in [3.63, 3.8) is 0 Å². The molecule has 0 amide bonds. The molecule has 16 heavy (non-hydrogen) atoms. The Morgan fingerprint density at radius 3 is 2.75 bits per heavy atom. The highest BCUT2D eigenvalue weighted by molar-refractivity contribution is 5.88. The van der Waals surface area contributed by atoms with Gasteiger partial charge in [-0.05, 0) is 25.5 Å². The molecule has 0 atom stereocenters. The van der Waals surface area contributed by atoms with Crippen molar-refractivity contribution in [2.75, 3.05) is 0 Å². The highest BCUT2D eigenvalue weighted by atomic mass is 19.1. The average molecular weight is 220 g/mol. The Hall–Kier alpha value is -2.04. The van der Waals surface area contributed by atoms with Crippen LogP contribution in [0.25, 0.3) is 10.9 Å².